The first-order chi connectivity index (χ1) is 48.7. The van der Waals surface area contributed by atoms with Crippen molar-refractivity contribution in [1.82, 2.24) is 28.4 Å². The van der Waals surface area contributed by atoms with Gasteiger partial charge in [0.2, 0.25) is 11.8 Å². The summed E-state index contributed by atoms with van der Waals surface area (Å²) in [6.45, 7) is -1.09. The topological polar surface area (TPSA) is 212 Å². The van der Waals surface area contributed by atoms with E-state index in [1.54, 1.807) is 14.2 Å². The van der Waals surface area contributed by atoms with Crippen LogP contribution in [0.1, 0.15) is 61.4 Å². The van der Waals surface area contributed by atoms with Gasteiger partial charge >= 0.3 is 25.2 Å². The highest BCUT2D eigenvalue weighted by molar-refractivity contribution is 7.98. The molecule has 16 nitrogen and oxygen atoms in total. The first-order valence-corrected chi connectivity index (χ1v) is 36.0. The summed E-state index contributed by atoms with van der Waals surface area (Å²) in [4.78, 5) is 35.4. The Morgan fingerprint density at radius 3 is 1.33 bits per heavy atom. The quantitative estimate of drug-likeness (QED) is 0.0224. The SMILES string of the molecule is COc1ccc2sc(/C(C#N)=c3/c4c(=C5C=CC(OCCCCC(=O)NS(=O)(=O)C(F)F)=CC5)n(B(c5ccccc5)c5ccccc5)/c(=C(/C#N)c5nc6cc(OC)ccc6s5)c4c(=C4C=CC(OCCCCC(=O)NSC(F)F)=CC4)n3B(c3ccccc3)c3ccccc3)nc2c1. The van der Waals surface area contributed by atoms with Crippen LogP contribution >= 0.6 is 34.6 Å². The zero-order valence-corrected chi connectivity index (χ0v) is 57.2. The summed E-state index contributed by atoms with van der Waals surface area (Å²) in [6, 6.07) is 56.8. The van der Waals surface area contributed by atoms with E-state index in [4.69, 9.17) is 28.9 Å². The summed E-state index contributed by atoms with van der Waals surface area (Å²) in [5, 5.41) is 29.3. The number of nitrogens with zero attached hydrogens (tertiary/aromatic N) is 6. The number of benzene rings is 6. The average molecular weight is 1420 g/mol. The van der Waals surface area contributed by atoms with Gasteiger partial charge in [0.1, 0.15) is 56.3 Å². The van der Waals surface area contributed by atoms with Gasteiger partial charge in [-0.1, -0.05) is 155 Å². The molecule has 2 aliphatic rings. The van der Waals surface area contributed by atoms with Crippen LogP contribution in [0.25, 0.3) is 53.5 Å². The molecule has 6 aromatic carbocycles. The largest absolute Gasteiger partial charge is 0.497 e. The number of hydrogen-bond donors (Lipinski definition) is 2. The number of nitriles is 2. The molecule has 0 fully saturated rings. The standard InChI is InChI=1S/C74H62B2F4N8O8S4/c1-93-55-37-39-61-59(43-55)83-71(97-61)57(45-81)69-65-66(68(88(69)76(51-23-11-5-12-24-51)52-25-13-6-14-26-52)48-31-35-54(36-32-48)96-42-18-16-28-64(90)86-100(91,92)74(79)80)70(58(46-82)72-84-60-44-56(94-2)38-40-62(60)98-72)87(75(49-19-7-3-8-20-49)50-21-9-4-10-22-50)67(65)47-29-33-53(34-30-47)95-41-17-15-27-63(89)85-99-73(77)78/h3-14,19-26,29,31,33-40,43-44,73-74H,15-18,27-28,30,32,41-42H2,1-2H3,(H,85,89)(H,86,90)/b67-47?,68-48?,69-57-,70-58-. The van der Waals surface area contributed by atoms with E-state index in [-0.39, 0.29) is 74.8 Å². The minimum atomic E-state index is -5.12. The maximum atomic E-state index is 13.1. The second-order valence-electron chi connectivity index (χ2n) is 23.2. The molecule has 26 heteroatoms. The highest BCUT2D eigenvalue weighted by Gasteiger charge is 2.36. The lowest BCUT2D eigenvalue weighted by atomic mass is 9.50. The molecule has 0 spiro atoms. The van der Waals surface area contributed by atoms with Crippen LogP contribution in [0.4, 0.5) is 17.6 Å². The van der Waals surface area contributed by atoms with Crippen molar-refractivity contribution in [2.45, 2.75) is 62.9 Å². The minimum absolute atomic E-state index is 0.0334. The molecule has 0 radical (unpaired) electrons. The fourth-order valence-corrected chi connectivity index (χ4v) is 15.2. The van der Waals surface area contributed by atoms with Crippen molar-refractivity contribution in [3.05, 3.63) is 237 Å². The number of allylic oxidation sites excluding steroid dienone is 6. The van der Waals surface area contributed by atoms with Crippen LogP contribution in [-0.4, -0.2) is 91.8 Å². The smallest absolute Gasteiger partial charge is 0.355 e. The van der Waals surface area contributed by atoms with Crippen molar-refractivity contribution in [2.75, 3.05) is 27.4 Å². The van der Waals surface area contributed by atoms with E-state index in [0.29, 0.717) is 89.1 Å². The number of fused-ring (bicyclic) bond motifs is 3. The van der Waals surface area contributed by atoms with E-state index in [2.05, 4.69) is 74.3 Å². The Morgan fingerprint density at radius 1 is 0.580 bits per heavy atom. The number of ether oxygens (including phenoxy) is 4. The van der Waals surface area contributed by atoms with Gasteiger partial charge in [-0.3, -0.25) is 14.3 Å². The molecule has 504 valence electrons. The lowest BCUT2D eigenvalue weighted by Gasteiger charge is -2.22. The summed E-state index contributed by atoms with van der Waals surface area (Å²) in [7, 11) is -1.95. The lowest BCUT2D eigenvalue weighted by Crippen LogP contribution is -2.59. The Kier molecular flexibility index (Phi) is 22.0. The number of unbranched alkanes of at least 4 members (excludes halogenated alkanes) is 2. The monoisotopic (exact) mass is 1420 g/mol. The van der Waals surface area contributed by atoms with Gasteiger partial charge in [-0.25, -0.2) is 23.1 Å². The van der Waals surface area contributed by atoms with E-state index < -0.39 is 47.0 Å². The summed E-state index contributed by atoms with van der Waals surface area (Å²) in [5.41, 5.74) is 6.62. The van der Waals surface area contributed by atoms with Gasteiger partial charge in [-0.2, -0.15) is 28.1 Å². The van der Waals surface area contributed by atoms with Crippen LogP contribution in [0, 0.1) is 22.7 Å². The predicted octanol–water partition coefficient (Wildman–Crippen LogP) is 9.45. The fraction of sp³-hybridized carbons (Fsp3) is 0.189. The highest BCUT2D eigenvalue weighted by atomic mass is 32.2. The maximum absolute atomic E-state index is 13.1. The Morgan fingerprint density at radius 2 is 0.980 bits per heavy atom. The third-order valence-corrected chi connectivity index (χ3v) is 20.5. The molecule has 4 heterocycles. The Labute approximate surface area is 586 Å². The number of rotatable bonds is 26. The number of nitrogens with one attached hydrogen (secondary N) is 2. The number of methoxy groups -OCH3 is 2. The Hall–Kier alpha value is -10.4. The zero-order valence-electron chi connectivity index (χ0n) is 53.9. The van der Waals surface area contributed by atoms with Crippen LogP contribution in [0.3, 0.4) is 0 Å². The second kappa shape index (κ2) is 31.7. The Bertz CT molecular complexity index is 5160. The van der Waals surface area contributed by atoms with Crippen LogP contribution in [0.2, 0.25) is 0 Å². The number of alkyl halides is 4. The molecular formula is C74H62B2F4N8O8S4. The molecule has 0 saturated heterocycles. The van der Waals surface area contributed by atoms with Crippen LogP contribution in [-0.2, 0) is 29.1 Å². The van der Waals surface area contributed by atoms with Gasteiger partial charge in [-0.05, 0) is 98.2 Å². The molecule has 0 aliphatic heterocycles. The minimum Gasteiger partial charge on any atom is -0.497 e. The van der Waals surface area contributed by atoms with Crippen LogP contribution < -0.4 is 62.2 Å². The van der Waals surface area contributed by atoms with Gasteiger partial charge in [0, 0.05) is 58.4 Å². The first kappa shape index (κ1) is 69.5. The van der Waals surface area contributed by atoms with Crippen molar-refractivity contribution in [2.24, 2.45) is 0 Å². The highest BCUT2D eigenvalue weighted by Crippen LogP contribution is 2.32. The zero-order chi connectivity index (χ0) is 69.9. The second-order valence-corrected chi connectivity index (χ2v) is 27.7. The van der Waals surface area contributed by atoms with Crippen LogP contribution in [0.5, 0.6) is 11.5 Å². The maximum Gasteiger partial charge on any atom is 0.355 e. The number of aromatic nitrogens is 4. The molecule has 0 unspecified atom stereocenters. The number of amides is 2. The molecule has 0 atom stereocenters. The van der Waals surface area contributed by atoms with Gasteiger partial charge in [-0.15, -0.1) is 22.7 Å². The van der Waals surface area contributed by atoms with Gasteiger partial charge in [0.15, 0.2) is 0 Å². The van der Waals surface area contributed by atoms with E-state index in [1.165, 1.54) is 27.4 Å². The number of carbonyl (C=O) groups is 2. The third-order valence-electron chi connectivity index (χ3n) is 16.9. The van der Waals surface area contributed by atoms with E-state index in [9.17, 15) is 46.1 Å². The number of hydrogen-bond acceptors (Lipinski definition) is 15. The number of halogens is 4. The van der Waals surface area contributed by atoms with E-state index in [1.807, 2.05) is 146 Å². The van der Waals surface area contributed by atoms with Crippen molar-refractivity contribution in [1.29, 1.82) is 10.5 Å². The summed E-state index contributed by atoms with van der Waals surface area (Å²) in [6.07, 6.45) is 13.0. The summed E-state index contributed by atoms with van der Waals surface area (Å²) in [5.74, 6) is -5.89. The third kappa shape index (κ3) is 15.3. The molecule has 4 aromatic heterocycles. The number of thiazole rings is 2. The number of carbonyl (C=O) groups excluding carboxylic acids is 2. The van der Waals surface area contributed by atoms with Gasteiger partial charge in [0.25, 0.3) is 10.0 Å². The molecular weight excluding hydrogens is 1350 g/mol. The first-order valence-electron chi connectivity index (χ1n) is 31.9. The Balaban J connectivity index is 1.23. The molecule has 2 N–H and O–H groups in total. The molecule has 0 bridgehead atoms. The molecule has 2 amide bonds. The van der Waals surface area contributed by atoms with E-state index >= 15 is 0 Å². The van der Waals surface area contributed by atoms with Crippen LogP contribution in [0.15, 0.2) is 206 Å². The molecule has 12 rings (SSSR count). The van der Waals surface area contributed by atoms with Crippen molar-refractivity contribution in [3.63, 3.8) is 0 Å². The summed E-state index contributed by atoms with van der Waals surface area (Å²) < 4.78 is 109. The van der Waals surface area contributed by atoms with Crippen molar-refractivity contribution in [3.8, 4) is 23.6 Å². The predicted molar refractivity (Wildman–Crippen MR) is 389 cm³/mol. The van der Waals surface area contributed by atoms with Gasteiger partial charge < -0.3 is 27.9 Å². The molecule has 100 heavy (non-hydrogen) atoms. The molecule has 0 saturated carbocycles. The lowest BCUT2D eigenvalue weighted by molar-refractivity contribution is -0.120. The fourth-order valence-electron chi connectivity index (χ4n) is 12.4. The molecule has 10 aromatic rings. The van der Waals surface area contributed by atoms with Crippen molar-refractivity contribution < 1.29 is 54.5 Å². The normalized spacial score (nSPS) is 14.7. The van der Waals surface area contributed by atoms with Gasteiger partial charge in [0.05, 0.1) is 58.6 Å². The van der Waals surface area contributed by atoms with Crippen molar-refractivity contribution >= 4 is 146 Å². The molecule has 2 aliphatic carbocycles. The summed E-state index contributed by atoms with van der Waals surface area (Å²) >= 11 is 2.78. The van der Waals surface area contributed by atoms with E-state index in [0.717, 1.165) is 42.4 Å². The average Bonchev–Trinajstić information content (AvgIpc) is 1.52. The number of sulfonamides is 1.